The summed E-state index contributed by atoms with van der Waals surface area (Å²) in [5.74, 6) is 0. The van der Waals surface area contributed by atoms with Crippen molar-refractivity contribution in [2.75, 3.05) is 0 Å². The van der Waals surface area contributed by atoms with Gasteiger partial charge in [-0.05, 0) is 25.8 Å². The van der Waals surface area contributed by atoms with Gasteiger partial charge >= 0.3 is 0 Å². The van der Waals surface area contributed by atoms with Crippen LogP contribution in [0.4, 0.5) is 0 Å². The summed E-state index contributed by atoms with van der Waals surface area (Å²) in [6.45, 7) is 2.24. The highest BCUT2D eigenvalue weighted by Crippen LogP contribution is 2.20. The largest absolute Gasteiger partial charge is 0.306 e. The molecule has 1 unspecified atom stereocenters. The predicted octanol–water partition coefficient (Wildman–Crippen LogP) is 2.79. The molecule has 1 aromatic heterocycles. The number of rotatable bonds is 3. The molecule has 0 saturated heterocycles. The van der Waals surface area contributed by atoms with Gasteiger partial charge in [0, 0.05) is 25.3 Å². The van der Waals surface area contributed by atoms with Crippen LogP contribution in [0, 0.1) is 0 Å². The van der Waals surface area contributed by atoms with Gasteiger partial charge in [0.25, 0.3) is 0 Å². The summed E-state index contributed by atoms with van der Waals surface area (Å²) in [6.07, 6.45) is 10.1. The molecule has 0 aromatic carbocycles. The molecule has 0 radical (unpaired) electrons. The molecule has 3 nitrogen and oxygen atoms in total. The van der Waals surface area contributed by atoms with Crippen molar-refractivity contribution in [2.45, 2.75) is 57.5 Å². The van der Waals surface area contributed by atoms with Gasteiger partial charge in [-0.2, -0.15) is 5.10 Å². The van der Waals surface area contributed by atoms with Gasteiger partial charge in [-0.1, -0.05) is 25.7 Å². The molecule has 1 heterocycles. The highest BCUT2D eigenvalue weighted by atomic mass is 15.3. The van der Waals surface area contributed by atoms with E-state index in [1.807, 2.05) is 17.9 Å². The zero-order valence-corrected chi connectivity index (χ0v) is 10.4. The maximum Gasteiger partial charge on any atom is 0.0547 e. The lowest BCUT2D eigenvalue weighted by Gasteiger charge is -2.22. The van der Waals surface area contributed by atoms with Gasteiger partial charge < -0.3 is 5.32 Å². The van der Waals surface area contributed by atoms with Crippen molar-refractivity contribution in [1.82, 2.24) is 15.1 Å². The van der Waals surface area contributed by atoms with Crippen molar-refractivity contribution in [3.63, 3.8) is 0 Å². The Kier molecular flexibility index (Phi) is 3.99. The van der Waals surface area contributed by atoms with E-state index in [9.17, 15) is 0 Å². The smallest absolute Gasteiger partial charge is 0.0547 e. The molecule has 2 rings (SSSR count). The van der Waals surface area contributed by atoms with Crippen LogP contribution in [0.15, 0.2) is 12.3 Å². The molecule has 1 fully saturated rings. The summed E-state index contributed by atoms with van der Waals surface area (Å²) >= 11 is 0. The Hall–Kier alpha value is -0.830. The Morgan fingerprint density at radius 1 is 1.31 bits per heavy atom. The Bertz CT molecular complexity index is 311. The van der Waals surface area contributed by atoms with E-state index in [1.165, 1.54) is 44.2 Å². The second kappa shape index (κ2) is 5.48. The number of nitrogens with zero attached hydrogens (tertiary/aromatic N) is 2. The average molecular weight is 221 g/mol. The molecule has 0 bridgehead atoms. The minimum Gasteiger partial charge on any atom is -0.306 e. The minimum atomic E-state index is 0.413. The first-order chi connectivity index (χ1) is 7.77. The van der Waals surface area contributed by atoms with Crippen LogP contribution in [0.25, 0.3) is 0 Å². The summed E-state index contributed by atoms with van der Waals surface area (Å²) in [5, 5.41) is 7.97. The molecule has 0 amide bonds. The molecule has 1 aromatic rings. The monoisotopic (exact) mass is 221 g/mol. The SMILES string of the molecule is CC(NC1CCCCCC1)c1ccnn1C. The van der Waals surface area contributed by atoms with Crippen LogP contribution in [0.3, 0.4) is 0 Å². The third-order valence-electron chi connectivity index (χ3n) is 3.64. The van der Waals surface area contributed by atoms with Crippen LogP contribution in [-0.2, 0) is 7.05 Å². The van der Waals surface area contributed by atoms with Crippen molar-refractivity contribution >= 4 is 0 Å². The van der Waals surface area contributed by atoms with Gasteiger partial charge in [-0.25, -0.2) is 0 Å². The molecule has 1 aliphatic rings. The highest BCUT2D eigenvalue weighted by Gasteiger charge is 2.16. The lowest BCUT2D eigenvalue weighted by Crippen LogP contribution is -2.32. The number of hydrogen-bond donors (Lipinski definition) is 1. The second-order valence-electron chi connectivity index (χ2n) is 4.96. The predicted molar refractivity (Wildman–Crippen MR) is 66.2 cm³/mol. The molecule has 16 heavy (non-hydrogen) atoms. The van der Waals surface area contributed by atoms with E-state index in [2.05, 4.69) is 23.4 Å². The maximum atomic E-state index is 4.23. The molecular formula is C13H23N3. The average Bonchev–Trinajstić information content (AvgIpc) is 2.53. The van der Waals surface area contributed by atoms with Crippen LogP contribution in [-0.4, -0.2) is 15.8 Å². The molecule has 1 saturated carbocycles. The lowest BCUT2D eigenvalue weighted by atomic mass is 10.1. The number of aromatic nitrogens is 2. The molecule has 90 valence electrons. The zero-order valence-electron chi connectivity index (χ0n) is 10.4. The molecule has 1 aliphatic carbocycles. The molecule has 1 N–H and O–H groups in total. The third-order valence-corrected chi connectivity index (χ3v) is 3.64. The summed E-state index contributed by atoms with van der Waals surface area (Å²) in [5.41, 5.74) is 1.28. The number of hydrogen-bond acceptors (Lipinski definition) is 2. The van der Waals surface area contributed by atoms with Crippen molar-refractivity contribution in [1.29, 1.82) is 0 Å². The van der Waals surface area contributed by atoms with Crippen LogP contribution < -0.4 is 5.32 Å². The summed E-state index contributed by atoms with van der Waals surface area (Å²) < 4.78 is 1.97. The van der Waals surface area contributed by atoms with Crippen molar-refractivity contribution in [3.05, 3.63) is 18.0 Å². The highest BCUT2D eigenvalue weighted by molar-refractivity contribution is 5.05. The van der Waals surface area contributed by atoms with Crippen molar-refractivity contribution in [2.24, 2.45) is 7.05 Å². The fraction of sp³-hybridized carbons (Fsp3) is 0.769. The lowest BCUT2D eigenvalue weighted by molar-refractivity contribution is 0.402. The summed E-state index contributed by atoms with van der Waals surface area (Å²) in [4.78, 5) is 0. The van der Waals surface area contributed by atoms with E-state index in [4.69, 9.17) is 0 Å². The molecule has 1 atom stereocenters. The summed E-state index contributed by atoms with van der Waals surface area (Å²) in [6, 6.07) is 3.22. The third kappa shape index (κ3) is 2.85. The first-order valence-corrected chi connectivity index (χ1v) is 6.51. The Balaban J connectivity index is 1.91. The molecule has 3 heteroatoms. The van der Waals surface area contributed by atoms with Gasteiger partial charge in [0.15, 0.2) is 0 Å². The fourth-order valence-corrected chi connectivity index (χ4v) is 2.69. The van der Waals surface area contributed by atoms with Crippen molar-refractivity contribution in [3.8, 4) is 0 Å². The van der Waals surface area contributed by atoms with E-state index in [0.29, 0.717) is 12.1 Å². The van der Waals surface area contributed by atoms with Gasteiger partial charge in [0.2, 0.25) is 0 Å². The topological polar surface area (TPSA) is 29.9 Å². The van der Waals surface area contributed by atoms with Crippen LogP contribution in [0.2, 0.25) is 0 Å². The van der Waals surface area contributed by atoms with Crippen LogP contribution in [0.1, 0.15) is 57.2 Å². The van der Waals surface area contributed by atoms with E-state index >= 15 is 0 Å². The van der Waals surface area contributed by atoms with Gasteiger partial charge in [-0.3, -0.25) is 4.68 Å². The first-order valence-electron chi connectivity index (χ1n) is 6.51. The van der Waals surface area contributed by atoms with E-state index in [-0.39, 0.29) is 0 Å². The Morgan fingerprint density at radius 2 is 2.00 bits per heavy atom. The second-order valence-corrected chi connectivity index (χ2v) is 4.96. The van der Waals surface area contributed by atoms with E-state index in [0.717, 1.165) is 0 Å². The zero-order chi connectivity index (χ0) is 11.4. The quantitative estimate of drug-likeness (QED) is 0.795. The fourth-order valence-electron chi connectivity index (χ4n) is 2.69. The molecule has 0 spiro atoms. The minimum absolute atomic E-state index is 0.413. The van der Waals surface area contributed by atoms with E-state index in [1.54, 1.807) is 0 Å². The van der Waals surface area contributed by atoms with E-state index < -0.39 is 0 Å². The van der Waals surface area contributed by atoms with Crippen molar-refractivity contribution < 1.29 is 0 Å². The standard InChI is InChI=1S/C13H23N3/c1-11(13-9-10-14-16(13)2)15-12-7-5-3-4-6-8-12/h9-12,15H,3-8H2,1-2H3. The summed E-state index contributed by atoms with van der Waals surface area (Å²) in [7, 11) is 2.01. The number of aryl methyl sites for hydroxylation is 1. The number of nitrogens with one attached hydrogen (secondary N) is 1. The van der Waals surface area contributed by atoms with Crippen LogP contribution >= 0.6 is 0 Å². The first kappa shape index (κ1) is 11.6. The molecular weight excluding hydrogens is 198 g/mol. The van der Waals surface area contributed by atoms with Gasteiger partial charge in [0.1, 0.15) is 0 Å². The Morgan fingerprint density at radius 3 is 2.56 bits per heavy atom. The normalized spacial score (nSPS) is 20.6. The van der Waals surface area contributed by atoms with Gasteiger partial charge in [-0.15, -0.1) is 0 Å². The van der Waals surface area contributed by atoms with Gasteiger partial charge in [0.05, 0.1) is 5.69 Å². The van der Waals surface area contributed by atoms with Crippen LogP contribution in [0.5, 0.6) is 0 Å². The molecule has 0 aliphatic heterocycles. The maximum absolute atomic E-state index is 4.23. The Labute approximate surface area is 98.2 Å².